The Balaban J connectivity index is 0.799. The highest BCUT2D eigenvalue weighted by Gasteiger charge is 2.49. The average Bonchev–Trinajstić information content (AvgIpc) is 3.76. The minimum Gasteiger partial charge on any atom is -0.379 e. The highest BCUT2D eigenvalue weighted by Crippen LogP contribution is 2.49. The van der Waals surface area contributed by atoms with Gasteiger partial charge in [0, 0.05) is 23.0 Å². The number of imide groups is 1. The molecule has 2 saturated heterocycles. The van der Waals surface area contributed by atoms with Crippen LogP contribution in [0.5, 0.6) is 0 Å². The summed E-state index contributed by atoms with van der Waals surface area (Å²) in [6, 6.07) is 10.7. The summed E-state index contributed by atoms with van der Waals surface area (Å²) in [5.74, 6) is -4.29. The second-order valence-corrected chi connectivity index (χ2v) is 22.1. The molecule has 69 heavy (non-hydrogen) atoms. The van der Waals surface area contributed by atoms with Crippen molar-refractivity contribution in [2.45, 2.75) is 161 Å². The summed E-state index contributed by atoms with van der Waals surface area (Å²) in [6.45, 7) is 12.1. The van der Waals surface area contributed by atoms with Crippen LogP contribution in [0.4, 0.5) is 17.6 Å². The Morgan fingerprint density at radius 1 is 0.797 bits per heavy atom. The fourth-order valence-corrected chi connectivity index (χ4v) is 12.7. The molecule has 8 atom stereocenters. The van der Waals surface area contributed by atoms with Crippen molar-refractivity contribution < 1.29 is 46.3 Å². The lowest BCUT2D eigenvalue weighted by Crippen LogP contribution is -2.48. The Labute approximate surface area is 405 Å². The van der Waals surface area contributed by atoms with E-state index in [0.29, 0.717) is 60.9 Å². The number of nitrogens with one attached hydrogen (secondary N) is 1. The second-order valence-electron chi connectivity index (χ2n) is 22.1. The van der Waals surface area contributed by atoms with Gasteiger partial charge in [0.05, 0.1) is 42.5 Å². The molecule has 0 bridgehead atoms. The zero-order valence-corrected chi connectivity index (χ0v) is 41.2. The predicted molar refractivity (Wildman–Crippen MR) is 258 cm³/mol. The average molecular weight is 954 g/mol. The molecule has 2 amide bonds. The molecular formula is C58H71F4NO6. The predicted octanol–water partition coefficient (Wildman–Crippen LogP) is 13.2. The van der Waals surface area contributed by atoms with E-state index in [2.05, 4.69) is 39.1 Å². The van der Waals surface area contributed by atoms with E-state index in [-0.39, 0.29) is 52.6 Å². The summed E-state index contributed by atoms with van der Waals surface area (Å²) >= 11 is 0. The molecule has 6 aliphatic rings. The van der Waals surface area contributed by atoms with Gasteiger partial charge in [-0.05, 0) is 108 Å². The van der Waals surface area contributed by atoms with Gasteiger partial charge in [-0.2, -0.15) is 13.2 Å². The molecule has 2 heterocycles. The minimum absolute atomic E-state index is 0.0219. The summed E-state index contributed by atoms with van der Waals surface area (Å²) in [5, 5.41) is 2.23. The molecule has 2 aliphatic heterocycles. The van der Waals surface area contributed by atoms with E-state index in [9.17, 15) is 37.1 Å². The van der Waals surface area contributed by atoms with Crippen LogP contribution in [0.15, 0.2) is 71.3 Å². The third-order valence-corrected chi connectivity index (χ3v) is 17.4. The summed E-state index contributed by atoms with van der Waals surface area (Å²) in [4.78, 5) is 65.0. The largest absolute Gasteiger partial charge is 0.416 e. The number of hydrogen-bond donors (Lipinski definition) is 1. The van der Waals surface area contributed by atoms with Gasteiger partial charge in [0.25, 0.3) is 0 Å². The van der Waals surface area contributed by atoms with Crippen LogP contribution in [0.25, 0.3) is 0 Å². The molecule has 4 aliphatic carbocycles. The summed E-state index contributed by atoms with van der Waals surface area (Å²) in [7, 11) is 0. The van der Waals surface area contributed by atoms with Gasteiger partial charge in [0.15, 0.2) is 17.3 Å². The van der Waals surface area contributed by atoms with Crippen LogP contribution < -0.4 is 5.32 Å². The number of fused-ring (bicyclic) bond motifs is 2. The molecule has 11 heteroatoms. The Morgan fingerprint density at radius 2 is 1.49 bits per heavy atom. The minimum atomic E-state index is -4.57. The number of ketones is 3. The van der Waals surface area contributed by atoms with Crippen LogP contribution in [0, 0.1) is 53.2 Å². The number of piperidine rings is 1. The van der Waals surface area contributed by atoms with E-state index in [1.165, 1.54) is 18.2 Å². The molecule has 2 unspecified atom stereocenters. The molecule has 0 aromatic heterocycles. The summed E-state index contributed by atoms with van der Waals surface area (Å²) < 4.78 is 65.5. The second kappa shape index (κ2) is 21.1. The molecule has 8 rings (SSSR count). The van der Waals surface area contributed by atoms with Crippen molar-refractivity contribution in [2.75, 3.05) is 13.2 Å². The van der Waals surface area contributed by atoms with Gasteiger partial charge < -0.3 is 4.74 Å². The number of halogens is 4. The van der Waals surface area contributed by atoms with Gasteiger partial charge in [0.1, 0.15) is 5.82 Å². The van der Waals surface area contributed by atoms with E-state index in [1.54, 1.807) is 12.2 Å². The number of amides is 2. The maximum atomic E-state index is 15.6. The number of allylic oxidation sites excluding steroid dienone is 6. The number of benzene rings is 2. The molecule has 7 nitrogen and oxygen atoms in total. The summed E-state index contributed by atoms with van der Waals surface area (Å²) in [5.41, 5.74) is 2.32. The Hall–Kier alpha value is -4.51. The van der Waals surface area contributed by atoms with Crippen LogP contribution in [-0.4, -0.2) is 48.6 Å². The van der Waals surface area contributed by atoms with Crippen molar-refractivity contribution in [1.82, 2.24) is 5.32 Å². The Bertz CT molecular complexity index is 2400. The van der Waals surface area contributed by atoms with E-state index in [4.69, 9.17) is 4.74 Å². The first-order chi connectivity index (χ1) is 32.9. The van der Waals surface area contributed by atoms with E-state index >= 15 is 4.39 Å². The van der Waals surface area contributed by atoms with Gasteiger partial charge >= 0.3 is 6.18 Å². The SMILES string of the molecule is CC[C@H](CCCCC1CCC(CC[C@H](C)CC2=C[C@H]3C(=O)[C@@H](c4cccc(C5(CC(C)[C@H](C)CC)COC5)c4)C=C3C(C(F)(F)F)=C2)CC1)c1cc2c(cc1F)C(=O)C([C@@H]1CCC(=O)NC1=O)C2=O. The fraction of sp³-hybridized carbons (Fsp3) is 0.603. The normalized spacial score (nSPS) is 27.4. The quantitative estimate of drug-likeness (QED) is 0.0651. The van der Waals surface area contributed by atoms with Crippen LogP contribution in [-0.2, 0) is 24.5 Å². The molecule has 3 fully saturated rings. The topological polar surface area (TPSA) is 107 Å². The highest BCUT2D eigenvalue weighted by atomic mass is 19.4. The lowest BCUT2D eigenvalue weighted by molar-refractivity contribution is -0.137. The smallest absolute Gasteiger partial charge is 0.379 e. The number of unbranched alkanes of at least 4 members (excludes halogenated alkanes) is 1. The third-order valence-electron chi connectivity index (χ3n) is 17.4. The monoisotopic (exact) mass is 954 g/mol. The van der Waals surface area contributed by atoms with Crippen molar-refractivity contribution in [3.8, 4) is 0 Å². The zero-order valence-electron chi connectivity index (χ0n) is 41.2. The first-order valence-corrected chi connectivity index (χ1v) is 26.1. The van der Waals surface area contributed by atoms with Gasteiger partial charge in [0.2, 0.25) is 11.8 Å². The van der Waals surface area contributed by atoms with E-state index < -0.39 is 64.6 Å². The molecule has 1 N–H and O–H groups in total. The van der Waals surface area contributed by atoms with Crippen LogP contribution in [0.3, 0.4) is 0 Å². The number of Topliss-reactive ketones (excluding diaryl/α,β-unsaturated/α-hetero) is 3. The van der Waals surface area contributed by atoms with Crippen molar-refractivity contribution in [2.24, 2.45) is 47.3 Å². The number of alkyl halides is 3. The Kier molecular flexibility index (Phi) is 15.5. The standard InChI is InChI=1S/C58H71F4NO6/c1-6-34(4)35(5)30-57(31-69-32-57)41-14-10-13-40(26-41)44-28-45-46(53(44)65)24-38(25-49(45)58(60,61)62)23-33(3)15-16-37-19-17-36(18-20-37)11-8-9-12-39(7-2)43-27-47-48(29-50(43)59)55(67)52(54(47)66)42-21-22-51(64)63-56(42)68/h10,13-14,24-29,33-37,39,42,44,46,52H,6-9,11-12,15-23,30-32H2,1-5H3,(H,63,64,68)/t33-,34+,35?,36?,37?,39+,42-,44+,46+,52?/m0/s1. The molecule has 2 aromatic rings. The first kappa shape index (κ1) is 50.9. The number of rotatable bonds is 19. The molecule has 0 spiro atoms. The molecule has 372 valence electrons. The fourth-order valence-electron chi connectivity index (χ4n) is 12.7. The van der Waals surface area contributed by atoms with Crippen molar-refractivity contribution in [1.29, 1.82) is 0 Å². The van der Waals surface area contributed by atoms with Crippen LogP contribution in [0.2, 0.25) is 0 Å². The summed E-state index contributed by atoms with van der Waals surface area (Å²) in [6.07, 6.45) is 13.7. The van der Waals surface area contributed by atoms with Crippen molar-refractivity contribution in [3.05, 3.63) is 105 Å². The van der Waals surface area contributed by atoms with E-state index in [1.807, 2.05) is 25.1 Å². The lowest BCUT2D eigenvalue weighted by atomic mass is 9.69. The van der Waals surface area contributed by atoms with Crippen molar-refractivity contribution in [3.63, 3.8) is 0 Å². The molecule has 2 aromatic carbocycles. The van der Waals surface area contributed by atoms with Gasteiger partial charge in [-0.15, -0.1) is 0 Å². The van der Waals surface area contributed by atoms with Crippen LogP contribution in [0.1, 0.15) is 187 Å². The number of carbonyl (C=O) groups is 5. The third kappa shape index (κ3) is 10.7. The molecule has 1 saturated carbocycles. The maximum Gasteiger partial charge on any atom is 0.416 e. The first-order valence-electron chi connectivity index (χ1n) is 26.1. The van der Waals surface area contributed by atoms with Gasteiger partial charge in [-0.1, -0.05) is 141 Å². The Morgan fingerprint density at radius 3 is 2.13 bits per heavy atom. The van der Waals surface area contributed by atoms with E-state index in [0.717, 1.165) is 88.2 Å². The highest BCUT2D eigenvalue weighted by molar-refractivity contribution is 6.28. The molecule has 0 radical (unpaired) electrons. The number of hydrogen-bond acceptors (Lipinski definition) is 6. The number of ether oxygens (including phenoxy) is 1. The zero-order chi connectivity index (χ0) is 49.4. The van der Waals surface area contributed by atoms with Crippen LogP contribution >= 0.6 is 0 Å². The van der Waals surface area contributed by atoms with Gasteiger partial charge in [-0.25, -0.2) is 4.39 Å². The maximum absolute atomic E-state index is 15.6. The lowest BCUT2D eigenvalue weighted by Gasteiger charge is -2.45. The van der Waals surface area contributed by atoms with Gasteiger partial charge in [-0.3, -0.25) is 29.3 Å². The van der Waals surface area contributed by atoms with Crippen molar-refractivity contribution >= 4 is 29.2 Å². The molecular weight excluding hydrogens is 883 g/mol. The number of carbonyl (C=O) groups excluding carboxylic acids is 5.